The van der Waals surface area contributed by atoms with Gasteiger partial charge in [0.25, 0.3) is 5.91 Å². The molecule has 9 N–H and O–H groups in total. The fourth-order valence-corrected chi connectivity index (χ4v) is 11.5. The molecule has 0 spiro atoms. The topological polar surface area (TPSA) is 303 Å². The molecule has 490 valence electrons. The van der Waals surface area contributed by atoms with E-state index in [0.717, 1.165) is 85.3 Å². The molecule has 3 aromatic carbocycles. The molecule has 1 aliphatic rings. The van der Waals surface area contributed by atoms with Crippen LogP contribution < -0.4 is 37.8 Å². The third-order valence-electron chi connectivity index (χ3n) is 15.3. The van der Waals surface area contributed by atoms with Crippen LogP contribution in [0.1, 0.15) is 164 Å². The smallest absolute Gasteiger partial charge is 0.320 e. The summed E-state index contributed by atoms with van der Waals surface area (Å²) in [4.78, 5) is 104. The van der Waals surface area contributed by atoms with Crippen molar-refractivity contribution >= 4 is 86.8 Å². The number of nitrogens with zero attached hydrogens (tertiary/aromatic N) is 5. The van der Waals surface area contributed by atoms with Crippen molar-refractivity contribution in [2.75, 3.05) is 31.6 Å². The minimum Gasteiger partial charge on any atom is -0.480 e. The van der Waals surface area contributed by atoms with E-state index < -0.39 is 94.4 Å². The second-order valence-corrected chi connectivity index (χ2v) is 25.6. The van der Waals surface area contributed by atoms with Gasteiger partial charge in [-0.2, -0.15) is 0 Å². The Kier molecular flexibility index (Phi) is 28.9. The number of carbonyl (C=O) groups is 7. The summed E-state index contributed by atoms with van der Waals surface area (Å²) < 4.78 is 51.4. The molecule has 1 saturated heterocycles. The molecule has 90 heavy (non-hydrogen) atoms. The van der Waals surface area contributed by atoms with Crippen molar-refractivity contribution < 1.29 is 61.4 Å². The first-order valence-corrected chi connectivity index (χ1v) is 32.5. The summed E-state index contributed by atoms with van der Waals surface area (Å²) in [5, 5.41) is 32.4. The second kappa shape index (κ2) is 36.1. The summed E-state index contributed by atoms with van der Waals surface area (Å²) in [6, 6.07) is 10.5. The van der Waals surface area contributed by atoms with E-state index in [0.29, 0.717) is 48.0 Å². The Bertz CT molecular complexity index is 3200. The third-order valence-corrected chi connectivity index (χ3v) is 16.9. The predicted molar refractivity (Wildman–Crippen MR) is 342 cm³/mol. The lowest BCUT2D eigenvalue weighted by Crippen LogP contribution is -2.57. The number of amides is 5. The van der Waals surface area contributed by atoms with Gasteiger partial charge in [0, 0.05) is 48.5 Å². The van der Waals surface area contributed by atoms with Crippen molar-refractivity contribution in [3.63, 3.8) is 0 Å². The van der Waals surface area contributed by atoms with Crippen LogP contribution in [0.4, 0.5) is 24.5 Å². The van der Waals surface area contributed by atoms with Crippen molar-refractivity contribution in [2.24, 2.45) is 11.1 Å². The number of ether oxygens (including phenoxy) is 1. The molecule has 2 aromatic heterocycles. The SMILES string of the molecule is Cc1ncsc1-c1ccc([C@H](C)NC(=O)[C@@H]2C[C@@H](OC(=O)CCCCn3cc(CN[C@@H](CCC(N)=O)C(=O)O)nn3)CN2C(=O)[C@@H](NC(=O)CCCCCCCCCCNCCCONC(=O)c2ccc(F)c(F)c2Nc2ccc(I)cc2F)C(C)(C)C)cc1. The molecule has 1 aliphatic heterocycles. The number of carboxylic acid groups (broad SMARTS) is 1. The van der Waals surface area contributed by atoms with E-state index in [1.165, 1.54) is 17.0 Å². The maximum absolute atomic E-state index is 14.8. The average Bonchev–Trinajstić information content (AvgIpc) is 1.48. The Morgan fingerprint density at radius 2 is 1.56 bits per heavy atom. The van der Waals surface area contributed by atoms with Gasteiger partial charge < -0.3 is 41.7 Å². The number of likely N-dealkylation sites (tertiary alicyclic amines) is 1. The van der Waals surface area contributed by atoms with Gasteiger partial charge in [-0.15, -0.1) is 16.4 Å². The molecule has 27 heteroatoms. The molecule has 5 amide bonds. The molecular formula is C63H84F3IN12O10S. The predicted octanol–water partition coefficient (Wildman–Crippen LogP) is 9.23. The van der Waals surface area contributed by atoms with Gasteiger partial charge in [0.1, 0.15) is 30.0 Å². The van der Waals surface area contributed by atoms with Crippen molar-refractivity contribution in [1.82, 2.24) is 51.6 Å². The maximum atomic E-state index is 14.8. The monoisotopic (exact) mass is 1380 g/mol. The first-order valence-electron chi connectivity index (χ1n) is 30.6. The first kappa shape index (κ1) is 72.0. The number of anilines is 2. The highest BCUT2D eigenvalue weighted by molar-refractivity contribution is 14.1. The quantitative estimate of drug-likeness (QED) is 0.00790. The number of carboxylic acids is 1. The van der Waals surface area contributed by atoms with Crippen molar-refractivity contribution in [3.8, 4) is 10.4 Å². The molecule has 1 fully saturated rings. The minimum absolute atomic E-state index is 0.0309. The normalized spacial score (nSPS) is 15.0. The van der Waals surface area contributed by atoms with Gasteiger partial charge in [-0.1, -0.05) is 88.8 Å². The zero-order valence-electron chi connectivity index (χ0n) is 51.6. The van der Waals surface area contributed by atoms with Crippen LogP contribution in [-0.2, 0) is 51.4 Å². The van der Waals surface area contributed by atoms with Crippen LogP contribution in [0, 0.1) is 33.4 Å². The van der Waals surface area contributed by atoms with Crippen LogP contribution in [0.25, 0.3) is 10.4 Å². The van der Waals surface area contributed by atoms with Crippen LogP contribution in [-0.4, -0.2) is 122 Å². The number of unbranched alkanes of at least 4 members (excludes halogenated alkanes) is 8. The fraction of sp³-hybridized carbons (Fsp3) is 0.524. The number of primary amides is 1. The Labute approximate surface area is 540 Å². The first-order chi connectivity index (χ1) is 43.0. The molecule has 0 unspecified atom stereocenters. The molecule has 0 saturated carbocycles. The van der Waals surface area contributed by atoms with Gasteiger partial charge in [0.15, 0.2) is 11.6 Å². The molecular weight excluding hydrogens is 1300 g/mol. The number of esters is 1. The highest BCUT2D eigenvalue weighted by Crippen LogP contribution is 2.32. The van der Waals surface area contributed by atoms with E-state index in [4.69, 9.17) is 15.3 Å². The summed E-state index contributed by atoms with van der Waals surface area (Å²) in [6.07, 6.45) is 10.2. The zero-order valence-corrected chi connectivity index (χ0v) is 54.6. The summed E-state index contributed by atoms with van der Waals surface area (Å²) in [7, 11) is 0. The summed E-state index contributed by atoms with van der Waals surface area (Å²) >= 11 is 3.46. The number of halogens is 4. The van der Waals surface area contributed by atoms with Crippen LogP contribution in [0.2, 0.25) is 0 Å². The molecule has 3 heterocycles. The molecule has 0 bridgehead atoms. The van der Waals surface area contributed by atoms with Crippen molar-refractivity contribution in [1.29, 1.82) is 0 Å². The van der Waals surface area contributed by atoms with Gasteiger partial charge in [0.2, 0.25) is 23.6 Å². The number of hydrogen-bond acceptors (Lipinski definition) is 16. The number of aryl methyl sites for hydroxylation is 2. The van der Waals surface area contributed by atoms with E-state index >= 15 is 0 Å². The Hall–Kier alpha value is -7.08. The second-order valence-electron chi connectivity index (χ2n) is 23.5. The van der Waals surface area contributed by atoms with Gasteiger partial charge in [-0.3, -0.25) is 48.4 Å². The largest absolute Gasteiger partial charge is 0.480 e. The molecule has 0 radical (unpaired) electrons. The third kappa shape index (κ3) is 23.0. The number of thiazole rings is 1. The van der Waals surface area contributed by atoms with Crippen molar-refractivity contribution in [2.45, 2.75) is 181 Å². The summed E-state index contributed by atoms with van der Waals surface area (Å²) in [5.74, 6) is -7.40. The maximum Gasteiger partial charge on any atom is 0.320 e. The molecule has 6 rings (SSSR count). The van der Waals surface area contributed by atoms with Gasteiger partial charge >= 0.3 is 11.9 Å². The number of nitrogens with two attached hydrogens (primary N) is 1. The Morgan fingerprint density at radius 1 is 0.856 bits per heavy atom. The standard InChI is InChI=1S/C63H84F3IN12O10S/c1-39(41-19-21-42(22-20-41)57-40(2)71-38-90-57)72-60(84)51-34-45(89-54(82)18-13-15-31-78-36-44(75-77-78)35-70-50(62(86)87)27-28-52(68)80)37-79(51)61(85)58(63(3,4)5)74-53(81)17-12-10-8-6-7-9-11-14-29-69-30-16-32-88-76-59(83)46-24-25-47(64)55(66)56(46)73-49-26-23-43(67)33-48(49)65/h19-26,33,36,38-39,45,50-51,58,69-70,73H,6-18,27-32,34-35,37H2,1-5H3,(H2,68,80)(H,72,84)(H,74,81)(H,76,83)(H,86,87)/t39-,45+,50-,51-,58+/m0/s1. The van der Waals surface area contributed by atoms with Crippen LogP contribution in [0.5, 0.6) is 0 Å². The Balaban J connectivity index is 0.898. The number of rotatable bonds is 38. The highest BCUT2D eigenvalue weighted by atomic mass is 127. The van der Waals surface area contributed by atoms with Crippen molar-refractivity contribution in [3.05, 3.63) is 110 Å². The van der Waals surface area contributed by atoms with E-state index in [1.807, 2.05) is 81.5 Å². The number of benzene rings is 3. The van der Waals surface area contributed by atoms with Gasteiger partial charge in [-0.25, -0.2) is 23.6 Å². The lowest BCUT2D eigenvalue weighted by Gasteiger charge is -2.35. The van der Waals surface area contributed by atoms with Crippen LogP contribution >= 0.6 is 33.9 Å². The summed E-state index contributed by atoms with van der Waals surface area (Å²) in [5.41, 5.74) is 10.8. The van der Waals surface area contributed by atoms with Crippen LogP contribution in [0.3, 0.4) is 0 Å². The number of aromatic nitrogens is 4. The zero-order chi connectivity index (χ0) is 65.3. The number of carbonyl (C=O) groups excluding carboxylic acids is 6. The fourth-order valence-electron chi connectivity index (χ4n) is 10.2. The lowest BCUT2D eigenvalue weighted by atomic mass is 9.85. The minimum atomic E-state index is -1.33. The van der Waals surface area contributed by atoms with E-state index in [9.17, 15) is 51.8 Å². The Morgan fingerprint density at radius 3 is 2.23 bits per heavy atom. The summed E-state index contributed by atoms with van der Waals surface area (Å²) in [6.45, 7) is 11.4. The number of hydrogen-bond donors (Lipinski definition) is 8. The number of hydroxylamine groups is 1. The van der Waals surface area contributed by atoms with Crippen LogP contribution in [0.15, 0.2) is 66.3 Å². The molecule has 0 aliphatic carbocycles. The van der Waals surface area contributed by atoms with Gasteiger partial charge in [0.05, 0.1) is 57.9 Å². The molecule has 22 nitrogen and oxygen atoms in total. The average molecular weight is 1390 g/mol. The lowest BCUT2D eigenvalue weighted by molar-refractivity contribution is -0.150. The molecule has 5 atom stereocenters. The van der Waals surface area contributed by atoms with E-state index in [-0.39, 0.29) is 69.0 Å². The van der Waals surface area contributed by atoms with Gasteiger partial charge in [-0.05, 0) is 135 Å². The highest BCUT2D eigenvalue weighted by Gasteiger charge is 2.46. The van der Waals surface area contributed by atoms with E-state index in [2.05, 4.69) is 47.4 Å². The number of nitrogens with one attached hydrogen (secondary N) is 6. The van der Waals surface area contributed by atoms with E-state index in [1.54, 1.807) is 33.8 Å². The molecule has 5 aromatic rings. The number of aliphatic carboxylic acids is 1.